The number of likely N-dealkylation sites (tertiary alicyclic amines) is 1. The van der Waals surface area contributed by atoms with E-state index in [2.05, 4.69) is 17.0 Å². The summed E-state index contributed by atoms with van der Waals surface area (Å²) in [6.45, 7) is 2.45. The van der Waals surface area contributed by atoms with E-state index in [-0.39, 0.29) is 11.6 Å². The first-order valence-corrected chi connectivity index (χ1v) is 7.91. The molecule has 1 atom stereocenters. The standard InChI is InChI=1S/C17H26N2O/c1-20-15-8-6-14(7-9-15)16(18)17(10-2-3-11-17)19-12-4-5-13-19/h6-9,16H,2-5,10-13,18H2,1H3. The quantitative estimate of drug-likeness (QED) is 0.917. The molecular formula is C17H26N2O. The lowest BCUT2D eigenvalue weighted by molar-refractivity contribution is 0.0922. The van der Waals surface area contributed by atoms with Crippen molar-refractivity contribution >= 4 is 0 Å². The zero-order valence-electron chi connectivity index (χ0n) is 12.5. The average Bonchev–Trinajstić information content (AvgIpc) is 3.18. The largest absolute Gasteiger partial charge is 0.497 e. The third-order valence-electron chi connectivity index (χ3n) is 5.26. The van der Waals surface area contributed by atoms with E-state index in [0.29, 0.717) is 0 Å². The average molecular weight is 274 g/mol. The zero-order chi connectivity index (χ0) is 14.0. The molecular weight excluding hydrogens is 248 g/mol. The van der Waals surface area contributed by atoms with Crippen LogP contribution in [0.2, 0.25) is 0 Å². The van der Waals surface area contributed by atoms with E-state index in [0.717, 1.165) is 5.75 Å². The predicted octanol–water partition coefficient (Wildman–Crippen LogP) is 3.10. The van der Waals surface area contributed by atoms with E-state index in [1.165, 1.54) is 57.2 Å². The lowest BCUT2D eigenvalue weighted by Gasteiger charge is -2.43. The lowest BCUT2D eigenvalue weighted by atomic mass is 9.82. The number of ether oxygens (including phenoxy) is 1. The van der Waals surface area contributed by atoms with E-state index >= 15 is 0 Å². The molecule has 20 heavy (non-hydrogen) atoms. The molecule has 3 rings (SSSR count). The van der Waals surface area contributed by atoms with Gasteiger partial charge in [0.1, 0.15) is 5.75 Å². The van der Waals surface area contributed by atoms with Crippen molar-refractivity contribution in [3.63, 3.8) is 0 Å². The van der Waals surface area contributed by atoms with Crippen molar-refractivity contribution in [3.8, 4) is 5.75 Å². The van der Waals surface area contributed by atoms with Gasteiger partial charge in [-0.1, -0.05) is 25.0 Å². The van der Waals surface area contributed by atoms with Gasteiger partial charge in [-0.15, -0.1) is 0 Å². The highest BCUT2D eigenvalue weighted by Crippen LogP contribution is 2.44. The van der Waals surface area contributed by atoms with Gasteiger partial charge in [0, 0.05) is 11.6 Å². The highest BCUT2D eigenvalue weighted by molar-refractivity contribution is 5.31. The number of benzene rings is 1. The summed E-state index contributed by atoms with van der Waals surface area (Å²) in [5.74, 6) is 0.905. The van der Waals surface area contributed by atoms with Crippen LogP contribution >= 0.6 is 0 Å². The van der Waals surface area contributed by atoms with Crippen molar-refractivity contribution in [2.24, 2.45) is 5.73 Å². The molecule has 0 spiro atoms. The van der Waals surface area contributed by atoms with Crippen LogP contribution in [0.3, 0.4) is 0 Å². The first-order chi connectivity index (χ1) is 9.76. The fourth-order valence-electron chi connectivity index (χ4n) is 4.10. The summed E-state index contributed by atoms with van der Waals surface area (Å²) < 4.78 is 5.25. The summed E-state index contributed by atoms with van der Waals surface area (Å²) in [7, 11) is 1.71. The smallest absolute Gasteiger partial charge is 0.118 e. The molecule has 0 radical (unpaired) electrons. The molecule has 3 nitrogen and oxygen atoms in total. The third-order valence-corrected chi connectivity index (χ3v) is 5.26. The Morgan fingerprint density at radius 3 is 2.20 bits per heavy atom. The predicted molar refractivity (Wildman–Crippen MR) is 81.9 cm³/mol. The molecule has 2 N–H and O–H groups in total. The van der Waals surface area contributed by atoms with Crippen LogP contribution in [-0.4, -0.2) is 30.6 Å². The number of nitrogens with zero attached hydrogens (tertiary/aromatic N) is 1. The molecule has 2 fully saturated rings. The van der Waals surface area contributed by atoms with Crippen molar-refractivity contribution in [2.45, 2.75) is 50.1 Å². The van der Waals surface area contributed by atoms with Gasteiger partial charge in [0.15, 0.2) is 0 Å². The summed E-state index contributed by atoms with van der Waals surface area (Å²) in [6, 6.07) is 8.46. The van der Waals surface area contributed by atoms with Crippen LogP contribution in [0.1, 0.15) is 50.1 Å². The summed E-state index contributed by atoms with van der Waals surface area (Å²) >= 11 is 0. The van der Waals surface area contributed by atoms with Gasteiger partial charge >= 0.3 is 0 Å². The molecule has 2 aliphatic rings. The van der Waals surface area contributed by atoms with E-state index in [1.807, 2.05) is 12.1 Å². The van der Waals surface area contributed by atoms with Crippen molar-refractivity contribution in [3.05, 3.63) is 29.8 Å². The minimum absolute atomic E-state index is 0.119. The molecule has 0 amide bonds. The van der Waals surface area contributed by atoms with Crippen LogP contribution in [0, 0.1) is 0 Å². The normalized spacial score (nSPS) is 23.9. The maximum atomic E-state index is 6.72. The number of rotatable bonds is 4. The first kappa shape index (κ1) is 13.9. The Hall–Kier alpha value is -1.06. The second-order valence-electron chi connectivity index (χ2n) is 6.26. The van der Waals surface area contributed by atoms with Crippen LogP contribution in [0.5, 0.6) is 5.75 Å². The number of hydrogen-bond donors (Lipinski definition) is 1. The molecule has 1 unspecified atom stereocenters. The topological polar surface area (TPSA) is 38.5 Å². The maximum absolute atomic E-state index is 6.72. The summed E-state index contributed by atoms with van der Waals surface area (Å²) in [5, 5.41) is 0. The van der Waals surface area contributed by atoms with Gasteiger partial charge in [0.05, 0.1) is 7.11 Å². The van der Waals surface area contributed by atoms with E-state index < -0.39 is 0 Å². The molecule has 1 aromatic carbocycles. The van der Waals surface area contributed by atoms with E-state index in [9.17, 15) is 0 Å². The monoisotopic (exact) mass is 274 g/mol. The molecule has 3 heteroatoms. The molecule has 1 aromatic rings. The highest BCUT2D eigenvalue weighted by Gasteiger charge is 2.45. The van der Waals surface area contributed by atoms with Gasteiger partial charge in [-0.2, -0.15) is 0 Å². The van der Waals surface area contributed by atoms with Crippen LogP contribution in [0.25, 0.3) is 0 Å². The van der Waals surface area contributed by atoms with Gasteiger partial charge in [0.2, 0.25) is 0 Å². The fraction of sp³-hybridized carbons (Fsp3) is 0.647. The van der Waals surface area contributed by atoms with Crippen molar-refractivity contribution in [2.75, 3.05) is 20.2 Å². The number of hydrogen-bond acceptors (Lipinski definition) is 3. The van der Waals surface area contributed by atoms with Gasteiger partial charge in [0.25, 0.3) is 0 Å². The zero-order valence-corrected chi connectivity index (χ0v) is 12.5. The van der Waals surface area contributed by atoms with Crippen molar-refractivity contribution in [1.82, 2.24) is 4.90 Å². The molecule has 0 bridgehead atoms. The van der Waals surface area contributed by atoms with Gasteiger partial charge < -0.3 is 10.5 Å². The second kappa shape index (κ2) is 5.74. The Bertz CT molecular complexity index is 431. The summed E-state index contributed by atoms with van der Waals surface area (Å²) in [5.41, 5.74) is 8.17. The molecule has 1 heterocycles. The Morgan fingerprint density at radius 2 is 1.65 bits per heavy atom. The third kappa shape index (κ3) is 2.33. The molecule has 1 aliphatic heterocycles. The van der Waals surface area contributed by atoms with Crippen molar-refractivity contribution in [1.29, 1.82) is 0 Å². The van der Waals surface area contributed by atoms with E-state index in [1.54, 1.807) is 7.11 Å². The summed E-state index contributed by atoms with van der Waals surface area (Å²) in [4.78, 5) is 2.68. The van der Waals surface area contributed by atoms with Crippen LogP contribution in [0.15, 0.2) is 24.3 Å². The van der Waals surface area contributed by atoms with Gasteiger partial charge in [-0.3, -0.25) is 4.90 Å². The summed E-state index contributed by atoms with van der Waals surface area (Å²) in [6.07, 6.45) is 7.80. The second-order valence-corrected chi connectivity index (χ2v) is 6.26. The van der Waals surface area contributed by atoms with Gasteiger partial charge in [-0.05, 0) is 56.5 Å². The Balaban J connectivity index is 1.86. The molecule has 1 aliphatic carbocycles. The van der Waals surface area contributed by atoms with E-state index in [4.69, 9.17) is 10.5 Å². The van der Waals surface area contributed by atoms with Crippen LogP contribution in [-0.2, 0) is 0 Å². The lowest BCUT2D eigenvalue weighted by Crippen LogP contribution is -2.52. The van der Waals surface area contributed by atoms with Crippen molar-refractivity contribution < 1.29 is 4.74 Å². The van der Waals surface area contributed by atoms with Crippen LogP contribution < -0.4 is 10.5 Å². The SMILES string of the molecule is COc1ccc(C(N)C2(N3CCCC3)CCCC2)cc1. The first-order valence-electron chi connectivity index (χ1n) is 7.91. The Labute approximate surface area is 122 Å². The minimum atomic E-state index is 0.119. The molecule has 1 saturated carbocycles. The highest BCUT2D eigenvalue weighted by atomic mass is 16.5. The van der Waals surface area contributed by atoms with Crippen LogP contribution in [0.4, 0.5) is 0 Å². The fourth-order valence-corrected chi connectivity index (χ4v) is 4.10. The van der Waals surface area contributed by atoms with Gasteiger partial charge in [-0.25, -0.2) is 0 Å². The minimum Gasteiger partial charge on any atom is -0.497 e. The molecule has 0 aromatic heterocycles. The Morgan fingerprint density at radius 1 is 1.05 bits per heavy atom. The molecule has 1 saturated heterocycles. The maximum Gasteiger partial charge on any atom is 0.118 e. The number of nitrogens with two attached hydrogens (primary N) is 1. The number of methoxy groups -OCH3 is 1. The Kier molecular flexibility index (Phi) is 3.99. The molecule has 110 valence electrons.